The summed E-state index contributed by atoms with van der Waals surface area (Å²) in [4.78, 5) is 3.86. The monoisotopic (exact) mass is 288 g/mol. The highest BCUT2D eigenvalue weighted by Gasteiger charge is 2.36. The normalized spacial score (nSPS) is 21.1. The third-order valence-electron chi connectivity index (χ3n) is 3.51. The van der Waals surface area contributed by atoms with Crippen LogP contribution >= 0.6 is 0 Å². The van der Waals surface area contributed by atoms with Crippen molar-refractivity contribution in [3.63, 3.8) is 0 Å². The van der Waals surface area contributed by atoms with Crippen molar-refractivity contribution in [3.8, 4) is 0 Å². The van der Waals surface area contributed by atoms with Gasteiger partial charge in [0.1, 0.15) is 0 Å². The molecule has 1 saturated heterocycles. The summed E-state index contributed by atoms with van der Waals surface area (Å²) < 4.78 is 44.8. The number of hydrogen-bond acceptors (Lipinski definition) is 3. The Hall–Kier alpha value is -1.14. The Morgan fingerprint density at radius 3 is 2.90 bits per heavy atom. The van der Waals surface area contributed by atoms with Crippen molar-refractivity contribution < 1.29 is 17.9 Å². The summed E-state index contributed by atoms with van der Waals surface area (Å²) in [6, 6.07) is 0.656. The minimum Gasteiger partial charge on any atom is -0.378 e. The average Bonchev–Trinajstić information content (AvgIpc) is 2.90. The fraction of sp³-hybridized carbons (Fsp3) is 0.643. The molecule has 1 aromatic rings. The van der Waals surface area contributed by atoms with Gasteiger partial charge in [0.25, 0.3) is 0 Å². The molecule has 0 aromatic carbocycles. The van der Waals surface area contributed by atoms with Crippen molar-refractivity contribution in [2.24, 2.45) is 0 Å². The first kappa shape index (κ1) is 15.3. The van der Waals surface area contributed by atoms with Crippen LogP contribution in [-0.4, -0.2) is 24.2 Å². The van der Waals surface area contributed by atoms with Crippen molar-refractivity contribution in [2.75, 3.05) is 13.2 Å². The summed E-state index contributed by atoms with van der Waals surface area (Å²) in [7, 11) is 0. The Balaban J connectivity index is 2.24. The van der Waals surface area contributed by atoms with Crippen LogP contribution in [0.2, 0.25) is 0 Å². The van der Waals surface area contributed by atoms with E-state index in [1.807, 2.05) is 6.92 Å². The molecule has 3 nitrogen and oxygen atoms in total. The Morgan fingerprint density at radius 2 is 2.30 bits per heavy atom. The number of ether oxygens (including phenoxy) is 1. The second-order valence-electron chi connectivity index (χ2n) is 4.94. The van der Waals surface area contributed by atoms with E-state index in [1.54, 1.807) is 0 Å². The number of pyridine rings is 1. The van der Waals surface area contributed by atoms with Gasteiger partial charge in [0.15, 0.2) is 0 Å². The highest BCUT2D eigenvalue weighted by Crippen LogP contribution is 2.36. The lowest BCUT2D eigenvalue weighted by Gasteiger charge is -2.24. The van der Waals surface area contributed by atoms with Crippen LogP contribution in [0.25, 0.3) is 0 Å². The SMILES string of the molecule is CCNC(CC1CCCO1)c1cnccc1C(F)(F)F. The molecule has 2 atom stereocenters. The molecule has 20 heavy (non-hydrogen) atoms. The predicted octanol–water partition coefficient (Wildman–Crippen LogP) is 3.32. The molecule has 0 bridgehead atoms. The lowest BCUT2D eigenvalue weighted by molar-refractivity contribution is -0.138. The smallest absolute Gasteiger partial charge is 0.378 e. The van der Waals surface area contributed by atoms with Crippen molar-refractivity contribution in [1.82, 2.24) is 10.3 Å². The Morgan fingerprint density at radius 1 is 1.50 bits per heavy atom. The van der Waals surface area contributed by atoms with Crippen molar-refractivity contribution in [3.05, 3.63) is 29.6 Å². The van der Waals surface area contributed by atoms with E-state index in [9.17, 15) is 13.2 Å². The average molecular weight is 288 g/mol. The van der Waals surface area contributed by atoms with Crippen LogP contribution in [0, 0.1) is 0 Å². The molecule has 1 aliphatic heterocycles. The number of alkyl halides is 3. The van der Waals surface area contributed by atoms with Gasteiger partial charge in [-0.2, -0.15) is 13.2 Å². The number of hydrogen-bond donors (Lipinski definition) is 1. The van der Waals surface area contributed by atoms with Gasteiger partial charge in [0, 0.05) is 25.0 Å². The molecular weight excluding hydrogens is 269 g/mol. The highest BCUT2D eigenvalue weighted by atomic mass is 19.4. The fourth-order valence-electron chi connectivity index (χ4n) is 2.60. The van der Waals surface area contributed by atoms with E-state index in [4.69, 9.17) is 4.74 Å². The third kappa shape index (κ3) is 3.70. The number of nitrogens with one attached hydrogen (secondary N) is 1. The van der Waals surface area contributed by atoms with E-state index in [0.29, 0.717) is 19.6 Å². The van der Waals surface area contributed by atoms with Crippen LogP contribution in [0.3, 0.4) is 0 Å². The highest BCUT2D eigenvalue weighted by molar-refractivity contribution is 5.29. The molecule has 0 radical (unpaired) electrons. The van der Waals surface area contributed by atoms with Gasteiger partial charge in [0.05, 0.1) is 11.7 Å². The molecule has 2 unspecified atom stereocenters. The van der Waals surface area contributed by atoms with Crippen LogP contribution in [0.4, 0.5) is 13.2 Å². The van der Waals surface area contributed by atoms with Gasteiger partial charge in [-0.3, -0.25) is 4.98 Å². The lowest BCUT2D eigenvalue weighted by Crippen LogP contribution is -2.27. The summed E-state index contributed by atoms with van der Waals surface area (Å²) in [5.74, 6) is 0. The van der Waals surface area contributed by atoms with Crippen LogP contribution in [-0.2, 0) is 10.9 Å². The second-order valence-corrected chi connectivity index (χ2v) is 4.94. The van der Waals surface area contributed by atoms with Crippen LogP contribution in [0.1, 0.15) is 43.4 Å². The van der Waals surface area contributed by atoms with Gasteiger partial charge in [-0.1, -0.05) is 6.92 Å². The maximum Gasteiger partial charge on any atom is 0.416 e. The summed E-state index contributed by atoms with van der Waals surface area (Å²) >= 11 is 0. The molecule has 112 valence electrons. The first-order chi connectivity index (χ1) is 9.52. The quantitative estimate of drug-likeness (QED) is 0.902. The van der Waals surface area contributed by atoms with Crippen LogP contribution in [0.15, 0.2) is 18.5 Å². The van der Waals surface area contributed by atoms with Crippen LogP contribution in [0.5, 0.6) is 0 Å². The molecular formula is C14H19F3N2O. The van der Waals surface area contributed by atoms with Crippen molar-refractivity contribution >= 4 is 0 Å². The van der Waals surface area contributed by atoms with Gasteiger partial charge < -0.3 is 10.1 Å². The number of halogens is 3. The standard InChI is InChI=1S/C14H19F3N2O/c1-2-19-13(8-10-4-3-7-20-10)11-9-18-6-5-12(11)14(15,16)17/h5-6,9-10,13,19H,2-4,7-8H2,1H3. The van der Waals surface area contributed by atoms with Gasteiger partial charge in [0.2, 0.25) is 0 Å². The van der Waals surface area contributed by atoms with Crippen LogP contribution < -0.4 is 5.32 Å². The fourth-order valence-corrected chi connectivity index (χ4v) is 2.60. The number of rotatable bonds is 5. The first-order valence-corrected chi connectivity index (χ1v) is 6.88. The summed E-state index contributed by atoms with van der Waals surface area (Å²) in [6.07, 6.45) is 0.587. The molecule has 0 saturated carbocycles. The molecule has 0 spiro atoms. The van der Waals surface area contributed by atoms with E-state index in [0.717, 1.165) is 18.9 Å². The van der Waals surface area contributed by atoms with Gasteiger partial charge >= 0.3 is 6.18 Å². The molecule has 6 heteroatoms. The second kappa shape index (κ2) is 6.54. The van der Waals surface area contributed by atoms with E-state index in [-0.39, 0.29) is 17.7 Å². The minimum atomic E-state index is -4.36. The topological polar surface area (TPSA) is 34.1 Å². The minimum absolute atomic E-state index is 0.0281. The van der Waals surface area contributed by atoms with Gasteiger partial charge in [-0.25, -0.2) is 0 Å². The van der Waals surface area contributed by atoms with Gasteiger partial charge in [-0.05, 0) is 37.4 Å². The Bertz CT molecular complexity index is 431. The predicted molar refractivity (Wildman–Crippen MR) is 69.2 cm³/mol. The maximum atomic E-state index is 13.1. The molecule has 1 fully saturated rings. The Labute approximate surface area is 116 Å². The largest absolute Gasteiger partial charge is 0.416 e. The van der Waals surface area contributed by atoms with E-state index < -0.39 is 11.7 Å². The molecule has 2 rings (SSSR count). The number of aromatic nitrogens is 1. The van der Waals surface area contributed by atoms with Crippen molar-refractivity contribution in [1.29, 1.82) is 0 Å². The van der Waals surface area contributed by atoms with E-state index >= 15 is 0 Å². The zero-order chi connectivity index (χ0) is 14.6. The lowest BCUT2D eigenvalue weighted by atomic mass is 9.96. The third-order valence-corrected chi connectivity index (χ3v) is 3.51. The zero-order valence-corrected chi connectivity index (χ0v) is 11.4. The van der Waals surface area contributed by atoms with Crippen molar-refractivity contribution in [2.45, 2.75) is 44.5 Å². The molecule has 0 aliphatic carbocycles. The van der Waals surface area contributed by atoms with E-state index in [2.05, 4.69) is 10.3 Å². The molecule has 2 heterocycles. The maximum absolute atomic E-state index is 13.1. The molecule has 1 aromatic heterocycles. The molecule has 1 aliphatic rings. The van der Waals surface area contributed by atoms with E-state index in [1.165, 1.54) is 12.4 Å². The summed E-state index contributed by atoms with van der Waals surface area (Å²) in [6.45, 7) is 3.18. The zero-order valence-electron chi connectivity index (χ0n) is 11.4. The molecule has 0 amide bonds. The summed E-state index contributed by atoms with van der Waals surface area (Å²) in [5, 5.41) is 3.12. The first-order valence-electron chi connectivity index (χ1n) is 6.88. The summed E-state index contributed by atoms with van der Waals surface area (Å²) in [5.41, 5.74) is -0.409. The Kier molecular flexibility index (Phi) is 4.99. The molecule has 1 N–H and O–H groups in total. The van der Waals surface area contributed by atoms with Gasteiger partial charge in [-0.15, -0.1) is 0 Å². The number of nitrogens with zero attached hydrogens (tertiary/aromatic N) is 1.